The summed E-state index contributed by atoms with van der Waals surface area (Å²) in [6.45, 7) is 3.83. The summed E-state index contributed by atoms with van der Waals surface area (Å²) >= 11 is 0. The van der Waals surface area contributed by atoms with Crippen LogP contribution in [-0.4, -0.2) is 76.7 Å². The van der Waals surface area contributed by atoms with Gasteiger partial charge < -0.3 is 29.2 Å². The molecule has 0 aromatic rings. The second kappa shape index (κ2) is 4.70. The van der Waals surface area contributed by atoms with Gasteiger partial charge in [-0.25, -0.2) is 0 Å². The molecule has 28 heavy (non-hydrogen) atoms. The monoisotopic (exact) mass is 390 g/mol. The molecule has 150 valence electrons. The Labute approximate surface area is 160 Å². The summed E-state index contributed by atoms with van der Waals surface area (Å²) in [5, 5.41) is 21.9. The lowest BCUT2D eigenvalue weighted by Gasteiger charge is -2.67. The van der Waals surface area contributed by atoms with Gasteiger partial charge in [0.05, 0.1) is 36.1 Å². The molecule has 7 fully saturated rings. The standard InChI is InChI=1S/C20H22O8/c1-4-7-8-9(13(23)16-15(27-16)12(8)22)19(26-4)20-6(3-25-5(2)10(7)20)11(21)14-17(28-14)18(20)24/h3-5,7-11,13-17,19,21,23H,1-2H3/t4-,5+,7-,8?,9?,10-,11+,13?,14?,15+,16?,17-,19?,20-/m1/s1. The zero-order valence-electron chi connectivity index (χ0n) is 15.4. The Hall–Kier alpha value is -1.32. The van der Waals surface area contributed by atoms with Gasteiger partial charge in [0.25, 0.3) is 0 Å². The number of rotatable bonds is 0. The lowest BCUT2D eigenvalue weighted by molar-refractivity contribution is -0.289. The lowest BCUT2D eigenvalue weighted by atomic mass is 9.41. The second-order valence-corrected chi connectivity index (χ2v) is 9.50. The fraction of sp³-hybridized carbons (Fsp3) is 0.800. The van der Waals surface area contributed by atoms with E-state index in [1.165, 1.54) is 6.26 Å². The molecule has 0 aromatic carbocycles. The Bertz CT molecular complexity index is 853. The number of carbonyl (C=O) groups is 2. The fourth-order valence-corrected chi connectivity index (χ4v) is 7.51. The molecule has 2 N–H and O–H groups in total. The molecule has 14 atom stereocenters. The zero-order chi connectivity index (χ0) is 19.3. The molecule has 5 heterocycles. The Morgan fingerprint density at radius 3 is 2.50 bits per heavy atom. The summed E-state index contributed by atoms with van der Waals surface area (Å²) in [7, 11) is 0. The molecule has 4 saturated heterocycles. The first kappa shape index (κ1) is 16.5. The third-order valence-electron chi connectivity index (χ3n) is 8.55. The van der Waals surface area contributed by atoms with Crippen LogP contribution in [0.15, 0.2) is 11.8 Å². The normalized spacial score (nSPS) is 65.1. The van der Waals surface area contributed by atoms with E-state index in [-0.39, 0.29) is 35.6 Å². The van der Waals surface area contributed by atoms with Crippen molar-refractivity contribution in [3.05, 3.63) is 11.8 Å². The molecule has 1 spiro atoms. The Morgan fingerprint density at radius 2 is 1.71 bits per heavy atom. The SMILES string of the molecule is C[C@@H]1OC=C2[C@H](O)C3O[C@H]3C(=O)[C@@]23C2O[C@H](C)[C@H](C4C(=O)[C@@H]5OC5C(O)C42)[C@@H]13. The predicted octanol–water partition coefficient (Wildman–Crippen LogP) is -1.04. The topological polar surface area (TPSA) is 118 Å². The average molecular weight is 390 g/mol. The van der Waals surface area contributed by atoms with E-state index in [4.69, 9.17) is 18.9 Å². The van der Waals surface area contributed by atoms with E-state index in [1.54, 1.807) is 0 Å². The number of epoxide rings is 2. The van der Waals surface area contributed by atoms with Gasteiger partial charge in [-0.05, 0) is 13.8 Å². The molecule has 2 bridgehead atoms. The van der Waals surface area contributed by atoms with Crippen LogP contribution in [0.25, 0.3) is 0 Å². The van der Waals surface area contributed by atoms with Crippen molar-refractivity contribution in [1.82, 2.24) is 0 Å². The molecule has 8 heteroatoms. The first-order valence-corrected chi connectivity index (χ1v) is 10.2. The molecule has 8 nitrogen and oxygen atoms in total. The third kappa shape index (κ3) is 1.51. The van der Waals surface area contributed by atoms with Gasteiger partial charge in [0.15, 0.2) is 11.6 Å². The zero-order valence-corrected chi connectivity index (χ0v) is 15.4. The minimum Gasteiger partial charge on any atom is -0.498 e. The highest BCUT2D eigenvalue weighted by Gasteiger charge is 2.81. The average Bonchev–Trinajstić information content (AvgIpc) is 3.57. The van der Waals surface area contributed by atoms with E-state index < -0.39 is 60.0 Å². The highest BCUT2D eigenvalue weighted by molar-refractivity contribution is 5.99. The molecule has 0 aromatic heterocycles. The van der Waals surface area contributed by atoms with Crippen LogP contribution in [0.3, 0.4) is 0 Å². The smallest absolute Gasteiger partial charge is 0.177 e. The minimum absolute atomic E-state index is 0.00737. The molecule has 3 saturated carbocycles. The summed E-state index contributed by atoms with van der Waals surface area (Å²) in [6.07, 6.45) is -3.87. The van der Waals surface area contributed by atoms with E-state index >= 15 is 0 Å². The Balaban J connectivity index is 1.48. The number of hydrogen-bond donors (Lipinski definition) is 2. The molecular formula is C20H22O8. The highest BCUT2D eigenvalue weighted by atomic mass is 16.6. The van der Waals surface area contributed by atoms with Crippen molar-refractivity contribution in [1.29, 1.82) is 0 Å². The number of aliphatic hydroxyl groups excluding tert-OH is 2. The maximum Gasteiger partial charge on any atom is 0.177 e. The van der Waals surface area contributed by atoms with Gasteiger partial charge in [-0.3, -0.25) is 9.59 Å². The number of aliphatic hydroxyl groups is 2. The number of Topliss-reactive ketones (excluding diaryl/α,β-unsaturated/α-hetero) is 2. The molecular weight excluding hydrogens is 368 g/mol. The maximum absolute atomic E-state index is 13.7. The minimum atomic E-state index is -1.13. The van der Waals surface area contributed by atoms with E-state index in [9.17, 15) is 19.8 Å². The van der Waals surface area contributed by atoms with Crippen LogP contribution in [0.1, 0.15) is 13.8 Å². The quantitative estimate of drug-likeness (QED) is 0.504. The van der Waals surface area contributed by atoms with Gasteiger partial charge in [0, 0.05) is 29.2 Å². The lowest BCUT2D eigenvalue weighted by Crippen LogP contribution is -2.77. The molecule has 8 aliphatic rings. The van der Waals surface area contributed by atoms with Crippen LogP contribution < -0.4 is 0 Å². The van der Waals surface area contributed by atoms with Gasteiger partial charge in [-0.15, -0.1) is 0 Å². The largest absolute Gasteiger partial charge is 0.498 e. The number of hydrogen-bond acceptors (Lipinski definition) is 8. The summed E-state index contributed by atoms with van der Waals surface area (Å²) in [6, 6.07) is 0. The fourth-order valence-electron chi connectivity index (χ4n) is 7.51. The molecule has 5 aliphatic heterocycles. The number of ether oxygens (including phenoxy) is 4. The van der Waals surface area contributed by atoms with Crippen molar-refractivity contribution in [3.63, 3.8) is 0 Å². The first-order valence-electron chi connectivity index (χ1n) is 10.2. The number of ketones is 2. The molecule has 6 unspecified atom stereocenters. The van der Waals surface area contributed by atoms with E-state index in [2.05, 4.69) is 0 Å². The molecule has 8 rings (SSSR count). The predicted molar refractivity (Wildman–Crippen MR) is 88.7 cm³/mol. The van der Waals surface area contributed by atoms with Crippen LogP contribution in [0.2, 0.25) is 0 Å². The molecule has 0 amide bonds. The van der Waals surface area contributed by atoms with Gasteiger partial charge >= 0.3 is 0 Å². The van der Waals surface area contributed by atoms with E-state index in [1.807, 2.05) is 13.8 Å². The van der Waals surface area contributed by atoms with E-state index in [0.717, 1.165) is 0 Å². The molecule has 0 radical (unpaired) electrons. The van der Waals surface area contributed by atoms with Crippen LogP contribution in [0.5, 0.6) is 0 Å². The van der Waals surface area contributed by atoms with Gasteiger partial charge in [-0.2, -0.15) is 0 Å². The van der Waals surface area contributed by atoms with Gasteiger partial charge in [0.1, 0.15) is 30.5 Å². The second-order valence-electron chi connectivity index (χ2n) is 9.50. The van der Waals surface area contributed by atoms with E-state index in [0.29, 0.717) is 5.57 Å². The molecule has 3 aliphatic carbocycles. The summed E-state index contributed by atoms with van der Waals surface area (Å²) < 4.78 is 23.2. The summed E-state index contributed by atoms with van der Waals surface area (Å²) in [4.78, 5) is 26.8. The van der Waals surface area contributed by atoms with Crippen LogP contribution in [0, 0.1) is 29.1 Å². The summed E-state index contributed by atoms with van der Waals surface area (Å²) in [5.41, 5.74) is -0.644. The van der Waals surface area contributed by atoms with Gasteiger partial charge in [-0.1, -0.05) is 0 Å². The van der Waals surface area contributed by atoms with Crippen molar-refractivity contribution in [3.8, 4) is 0 Å². The van der Waals surface area contributed by atoms with Crippen LogP contribution >= 0.6 is 0 Å². The van der Waals surface area contributed by atoms with Gasteiger partial charge in [0.2, 0.25) is 0 Å². The van der Waals surface area contributed by atoms with Crippen LogP contribution in [-0.2, 0) is 28.5 Å². The van der Waals surface area contributed by atoms with Crippen molar-refractivity contribution in [2.45, 2.75) is 68.8 Å². The highest BCUT2D eigenvalue weighted by Crippen LogP contribution is 2.69. The van der Waals surface area contributed by atoms with Crippen molar-refractivity contribution >= 4 is 11.6 Å². The summed E-state index contributed by atoms with van der Waals surface area (Å²) in [5.74, 6) is -1.68. The van der Waals surface area contributed by atoms with Crippen molar-refractivity contribution in [2.24, 2.45) is 29.1 Å². The number of carbonyl (C=O) groups excluding carboxylic acids is 2. The Kier molecular flexibility index (Phi) is 2.77. The number of fused-ring (bicyclic) bond motifs is 3. The maximum atomic E-state index is 13.7. The third-order valence-corrected chi connectivity index (χ3v) is 8.55. The van der Waals surface area contributed by atoms with Crippen molar-refractivity contribution in [2.75, 3.05) is 0 Å². The Morgan fingerprint density at radius 1 is 0.964 bits per heavy atom. The van der Waals surface area contributed by atoms with Crippen LogP contribution in [0.4, 0.5) is 0 Å². The first-order chi connectivity index (χ1) is 13.4. The van der Waals surface area contributed by atoms with Crippen molar-refractivity contribution < 1.29 is 38.7 Å².